The van der Waals surface area contributed by atoms with Gasteiger partial charge in [-0.25, -0.2) is 0 Å². The Bertz CT molecular complexity index is 523. The van der Waals surface area contributed by atoms with Gasteiger partial charge in [0.25, 0.3) is 0 Å². The van der Waals surface area contributed by atoms with Crippen LogP contribution in [-0.2, 0) is 11.0 Å². The monoisotopic (exact) mass is 289 g/mol. The molecule has 1 aromatic carbocycles. The molecule has 1 rings (SSSR count). The van der Waals surface area contributed by atoms with Crippen molar-refractivity contribution in [1.82, 2.24) is 0 Å². The molecule has 19 heavy (non-hydrogen) atoms. The van der Waals surface area contributed by atoms with Gasteiger partial charge >= 0.3 is 12.1 Å². The molecule has 0 aliphatic rings. The Labute approximate surface area is 112 Å². The second-order valence-electron chi connectivity index (χ2n) is 3.84. The summed E-state index contributed by atoms with van der Waals surface area (Å²) in [5.74, 6) is -0.979. The number of aliphatic carboxylic acids is 1. The Balaban J connectivity index is 2.96. The zero-order valence-corrected chi connectivity index (χ0v) is 10.7. The molecule has 1 aromatic rings. The number of nitriles is 1. The highest BCUT2D eigenvalue weighted by Crippen LogP contribution is 2.34. The fourth-order valence-corrected chi connectivity index (χ4v) is 2.48. The lowest BCUT2D eigenvalue weighted by atomic mass is 10.1. The van der Waals surface area contributed by atoms with Crippen LogP contribution >= 0.6 is 11.8 Å². The number of carboxylic acids is 1. The number of nitrogens with zero attached hydrogens (tertiary/aromatic N) is 1. The fraction of sp³-hybridized carbons (Fsp3) is 0.333. The Morgan fingerprint density at radius 2 is 2.16 bits per heavy atom. The molecule has 1 unspecified atom stereocenters. The van der Waals surface area contributed by atoms with Gasteiger partial charge in [0.05, 0.1) is 23.6 Å². The predicted molar refractivity (Wildman–Crippen MR) is 63.7 cm³/mol. The summed E-state index contributed by atoms with van der Waals surface area (Å²) in [6.45, 7) is 1.66. The maximum atomic E-state index is 12.6. The minimum absolute atomic E-state index is 0.104. The van der Waals surface area contributed by atoms with E-state index in [1.54, 1.807) is 6.92 Å². The van der Waals surface area contributed by atoms with E-state index in [-0.39, 0.29) is 11.7 Å². The van der Waals surface area contributed by atoms with Crippen LogP contribution in [0.1, 0.15) is 24.5 Å². The number of carboxylic acid groups (broad SMARTS) is 1. The third-order valence-corrected chi connectivity index (χ3v) is 3.31. The van der Waals surface area contributed by atoms with Crippen molar-refractivity contribution in [1.29, 1.82) is 5.26 Å². The minimum Gasteiger partial charge on any atom is -0.481 e. The van der Waals surface area contributed by atoms with E-state index in [1.807, 2.05) is 0 Å². The molecule has 0 amide bonds. The van der Waals surface area contributed by atoms with Crippen molar-refractivity contribution in [2.24, 2.45) is 0 Å². The average molecular weight is 289 g/mol. The summed E-state index contributed by atoms with van der Waals surface area (Å²) in [5.41, 5.74) is -1.44. The van der Waals surface area contributed by atoms with Crippen molar-refractivity contribution in [2.75, 3.05) is 0 Å². The normalized spacial score (nSPS) is 12.8. The summed E-state index contributed by atoms with van der Waals surface area (Å²) in [6.07, 6.45) is -4.67. The summed E-state index contributed by atoms with van der Waals surface area (Å²) in [5, 5.41) is 17.0. The second-order valence-corrected chi connectivity index (χ2v) is 5.36. The van der Waals surface area contributed by atoms with E-state index in [9.17, 15) is 18.0 Å². The lowest BCUT2D eigenvalue weighted by Crippen LogP contribution is -2.08. The molecule has 0 aliphatic carbocycles. The van der Waals surface area contributed by atoms with E-state index < -0.39 is 23.3 Å². The highest BCUT2D eigenvalue weighted by Gasteiger charge is 2.33. The van der Waals surface area contributed by atoms with Crippen LogP contribution in [0.3, 0.4) is 0 Å². The number of benzene rings is 1. The fourth-order valence-electron chi connectivity index (χ4n) is 1.46. The van der Waals surface area contributed by atoms with Crippen LogP contribution in [0.2, 0.25) is 0 Å². The van der Waals surface area contributed by atoms with Gasteiger partial charge in [-0.2, -0.15) is 18.4 Å². The molecule has 102 valence electrons. The van der Waals surface area contributed by atoms with Gasteiger partial charge in [0.2, 0.25) is 0 Å². The van der Waals surface area contributed by atoms with Crippen molar-refractivity contribution in [2.45, 2.75) is 29.7 Å². The predicted octanol–water partition coefficient (Wildman–Crippen LogP) is 3.53. The second kappa shape index (κ2) is 5.97. The zero-order valence-electron chi connectivity index (χ0n) is 9.86. The van der Waals surface area contributed by atoms with Gasteiger partial charge in [-0.05, 0) is 18.2 Å². The molecule has 0 aromatic heterocycles. The Hall–Kier alpha value is -1.68. The quantitative estimate of drug-likeness (QED) is 0.861. The van der Waals surface area contributed by atoms with Crippen LogP contribution < -0.4 is 0 Å². The van der Waals surface area contributed by atoms with E-state index in [2.05, 4.69) is 0 Å². The van der Waals surface area contributed by atoms with Gasteiger partial charge < -0.3 is 5.11 Å². The smallest absolute Gasteiger partial charge is 0.417 e. The van der Waals surface area contributed by atoms with E-state index in [0.29, 0.717) is 4.90 Å². The number of hydrogen-bond acceptors (Lipinski definition) is 3. The molecule has 0 saturated heterocycles. The number of thioether (sulfide) groups is 1. The molecule has 0 radical (unpaired) electrons. The molecule has 0 saturated carbocycles. The van der Waals surface area contributed by atoms with Crippen LogP contribution in [-0.4, -0.2) is 16.3 Å². The molecule has 3 nitrogen and oxygen atoms in total. The standard InChI is InChI=1S/C12H10F3NO2S/c1-7(4-11(17)18)19-9-2-3-10(12(13,14)15)8(5-9)6-16/h2-3,5,7H,4H2,1H3,(H,17,18). The Kier molecular flexibility index (Phi) is 4.84. The van der Waals surface area contributed by atoms with Crippen LogP contribution in [0, 0.1) is 11.3 Å². The maximum absolute atomic E-state index is 12.6. The first kappa shape index (κ1) is 15.4. The first-order valence-electron chi connectivity index (χ1n) is 5.24. The number of alkyl halides is 3. The van der Waals surface area contributed by atoms with Crippen molar-refractivity contribution >= 4 is 17.7 Å². The lowest BCUT2D eigenvalue weighted by molar-refractivity contribution is -0.138. The van der Waals surface area contributed by atoms with Crippen molar-refractivity contribution < 1.29 is 23.1 Å². The van der Waals surface area contributed by atoms with Crippen LogP contribution in [0.15, 0.2) is 23.1 Å². The molecule has 7 heteroatoms. The molecule has 0 spiro atoms. The molecule has 1 atom stereocenters. The van der Waals surface area contributed by atoms with Crippen molar-refractivity contribution in [3.8, 4) is 6.07 Å². The number of halogens is 3. The number of carbonyl (C=O) groups is 1. The van der Waals surface area contributed by atoms with Crippen LogP contribution in [0.5, 0.6) is 0 Å². The summed E-state index contributed by atoms with van der Waals surface area (Å²) in [4.78, 5) is 10.9. The first-order chi connectivity index (χ1) is 8.74. The third kappa shape index (κ3) is 4.48. The van der Waals surface area contributed by atoms with Crippen LogP contribution in [0.25, 0.3) is 0 Å². The van der Waals surface area contributed by atoms with Crippen LogP contribution in [0.4, 0.5) is 13.2 Å². The molecular weight excluding hydrogens is 279 g/mol. The number of hydrogen-bond donors (Lipinski definition) is 1. The van der Waals surface area contributed by atoms with E-state index in [4.69, 9.17) is 10.4 Å². The van der Waals surface area contributed by atoms with Gasteiger partial charge in [0.1, 0.15) is 0 Å². The first-order valence-corrected chi connectivity index (χ1v) is 6.11. The molecule has 0 bridgehead atoms. The van der Waals surface area contributed by atoms with E-state index >= 15 is 0 Å². The van der Waals surface area contributed by atoms with Crippen molar-refractivity contribution in [3.63, 3.8) is 0 Å². The minimum atomic E-state index is -4.57. The van der Waals surface area contributed by atoms with Gasteiger partial charge in [0.15, 0.2) is 0 Å². The SMILES string of the molecule is CC(CC(=O)O)Sc1ccc(C(F)(F)F)c(C#N)c1. The maximum Gasteiger partial charge on any atom is 0.417 e. The highest BCUT2D eigenvalue weighted by atomic mass is 32.2. The molecular formula is C12H10F3NO2S. The Morgan fingerprint density at radius 1 is 1.53 bits per heavy atom. The van der Waals surface area contributed by atoms with Gasteiger partial charge in [-0.1, -0.05) is 6.92 Å². The molecule has 0 heterocycles. The molecule has 0 fully saturated rings. The molecule has 0 aliphatic heterocycles. The van der Waals surface area contributed by atoms with Gasteiger partial charge in [-0.3, -0.25) is 4.79 Å². The summed E-state index contributed by atoms with van der Waals surface area (Å²) < 4.78 is 37.7. The summed E-state index contributed by atoms with van der Waals surface area (Å²) in [6, 6.07) is 4.72. The number of rotatable bonds is 4. The van der Waals surface area contributed by atoms with E-state index in [1.165, 1.54) is 12.1 Å². The molecule has 1 N–H and O–H groups in total. The Morgan fingerprint density at radius 3 is 2.63 bits per heavy atom. The average Bonchev–Trinajstić information content (AvgIpc) is 2.25. The topological polar surface area (TPSA) is 61.1 Å². The largest absolute Gasteiger partial charge is 0.481 e. The highest BCUT2D eigenvalue weighted by molar-refractivity contribution is 8.00. The van der Waals surface area contributed by atoms with E-state index in [0.717, 1.165) is 23.9 Å². The van der Waals surface area contributed by atoms with Crippen molar-refractivity contribution in [3.05, 3.63) is 29.3 Å². The van der Waals surface area contributed by atoms with Gasteiger partial charge in [-0.15, -0.1) is 11.8 Å². The van der Waals surface area contributed by atoms with Gasteiger partial charge in [0, 0.05) is 10.1 Å². The zero-order chi connectivity index (χ0) is 14.6. The summed E-state index contributed by atoms with van der Waals surface area (Å²) in [7, 11) is 0. The lowest BCUT2D eigenvalue weighted by Gasteiger charge is -2.12. The third-order valence-electron chi connectivity index (χ3n) is 2.22. The summed E-state index contributed by atoms with van der Waals surface area (Å²) >= 11 is 1.12.